The fraction of sp³-hybridized carbons (Fsp3) is 0.400. The van der Waals surface area contributed by atoms with Gasteiger partial charge in [0.05, 0.1) is 5.92 Å². The first-order valence-corrected chi connectivity index (χ1v) is 11.1. The van der Waals surface area contributed by atoms with Crippen LogP contribution in [0.3, 0.4) is 0 Å². The molecule has 1 heterocycles. The van der Waals surface area contributed by atoms with E-state index in [9.17, 15) is 14.4 Å². The number of benzene rings is 2. The van der Waals surface area contributed by atoms with Crippen LogP contribution in [0.25, 0.3) is 0 Å². The molecule has 2 aliphatic rings. The minimum absolute atomic E-state index is 0.0155. The zero-order chi connectivity index (χ0) is 22.0. The maximum Gasteiger partial charge on any atom is 0.253 e. The summed E-state index contributed by atoms with van der Waals surface area (Å²) >= 11 is 0. The quantitative estimate of drug-likeness (QED) is 0.777. The number of amides is 3. The molecule has 1 aliphatic carbocycles. The summed E-state index contributed by atoms with van der Waals surface area (Å²) in [5.74, 6) is -0.593. The highest BCUT2D eigenvalue weighted by Crippen LogP contribution is 2.31. The average Bonchev–Trinajstić information content (AvgIpc) is 3.41. The summed E-state index contributed by atoms with van der Waals surface area (Å²) in [6, 6.07) is 13.1. The molecular formula is C25H29N3O3. The summed E-state index contributed by atoms with van der Waals surface area (Å²) in [6.07, 6.45) is 3.54. The molecule has 0 bridgehead atoms. The van der Waals surface area contributed by atoms with E-state index in [0.717, 1.165) is 24.9 Å². The zero-order valence-corrected chi connectivity index (χ0v) is 18.2. The van der Waals surface area contributed by atoms with E-state index in [2.05, 4.69) is 17.4 Å². The van der Waals surface area contributed by atoms with Gasteiger partial charge in [-0.2, -0.15) is 0 Å². The van der Waals surface area contributed by atoms with Crippen LogP contribution in [0.5, 0.6) is 0 Å². The van der Waals surface area contributed by atoms with Gasteiger partial charge in [-0.25, -0.2) is 0 Å². The second-order valence-electron chi connectivity index (χ2n) is 8.26. The molecule has 2 aromatic carbocycles. The van der Waals surface area contributed by atoms with Crippen LogP contribution in [0.15, 0.2) is 42.5 Å². The van der Waals surface area contributed by atoms with Crippen molar-refractivity contribution >= 4 is 29.1 Å². The van der Waals surface area contributed by atoms with Crippen LogP contribution < -0.4 is 10.2 Å². The first kappa shape index (κ1) is 21.1. The number of rotatable bonds is 6. The van der Waals surface area contributed by atoms with Crippen LogP contribution in [0.2, 0.25) is 0 Å². The molecule has 1 aliphatic heterocycles. The highest BCUT2D eigenvalue weighted by Gasteiger charge is 2.35. The largest absolute Gasteiger partial charge is 0.339 e. The Morgan fingerprint density at radius 2 is 1.74 bits per heavy atom. The molecule has 0 radical (unpaired) electrons. The van der Waals surface area contributed by atoms with E-state index in [4.69, 9.17) is 0 Å². The molecule has 3 amide bonds. The Morgan fingerprint density at radius 1 is 1.03 bits per heavy atom. The fourth-order valence-electron chi connectivity index (χ4n) is 4.49. The predicted octanol–water partition coefficient (Wildman–Crippen LogP) is 3.65. The molecule has 0 aromatic heterocycles. The first-order chi connectivity index (χ1) is 15.0. The molecule has 1 atom stereocenters. The Labute approximate surface area is 183 Å². The lowest BCUT2D eigenvalue weighted by Gasteiger charge is -2.19. The van der Waals surface area contributed by atoms with Crippen molar-refractivity contribution in [3.8, 4) is 0 Å². The van der Waals surface area contributed by atoms with Crippen LogP contribution in [-0.4, -0.2) is 42.3 Å². The third-order valence-corrected chi connectivity index (χ3v) is 6.34. The molecule has 31 heavy (non-hydrogen) atoms. The molecule has 1 N–H and O–H groups in total. The second-order valence-corrected chi connectivity index (χ2v) is 8.26. The average molecular weight is 420 g/mol. The summed E-state index contributed by atoms with van der Waals surface area (Å²) in [4.78, 5) is 41.3. The molecule has 1 fully saturated rings. The molecule has 0 saturated carbocycles. The smallest absolute Gasteiger partial charge is 0.253 e. The highest BCUT2D eigenvalue weighted by atomic mass is 16.2. The fourth-order valence-corrected chi connectivity index (χ4v) is 4.49. The zero-order valence-electron chi connectivity index (χ0n) is 18.2. The van der Waals surface area contributed by atoms with Crippen LogP contribution in [0, 0.1) is 5.92 Å². The number of hydrogen-bond acceptors (Lipinski definition) is 3. The van der Waals surface area contributed by atoms with E-state index in [1.165, 1.54) is 11.1 Å². The lowest BCUT2D eigenvalue weighted by molar-refractivity contribution is -0.122. The van der Waals surface area contributed by atoms with Crippen LogP contribution in [-0.2, 0) is 22.4 Å². The topological polar surface area (TPSA) is 69.7 Å². The number of nitrogens with zero attached hydrogens (tertiary/aromatic N) is 2. The summed E-state index contributed by atoms with van der Waals surface area (Å²) in [6.45, 7) is 5.60. The normalized spacial score (nSPS) is 17.5. The van der Waals surface area contributed by atoms with E-state index >= 15 is 0 Å². The van der Waals surface area contributed by atoms with Gasteiger partial charge in [-0.15, -0.1) is 0 Å². The van der Waals surface area contributed by atoms with Gasteiger partial charge in [-0.05, 0) is 80.6 Å². The molecular weight excluding hydrogens is 390 g/mol. The number of carbonyl (C=O) groups excluding carboxylic acids is 3. The number of aryl methyl sites for hydroxylation is 2. The predicted molar refractivity (Wildman–Crippen MR) is 121 cm³/mol. The van der Waals surface area contributed by atoms with Crippen LogP contribution >= 0.6 is 0 Å². The Morgan fingerprint density at radius 3 is 2.45 bits per heavy atom. The van der Waals surface area contributed by atoms with Crippen molar-refractivity contribution in [3.63, 3.8) is 0 Å². The molecule has 1 unspecified atom stereocenters. The van der Waals surface area contributed by atoms with E-state index in [1.54, 1.807) is 34.1 Å². The molecule has 6 nitrogen and oxygen atoms in total. The number of fused-ring (bicyclic) bond motifs is 1. The highest BCUT2D eigenvalue weighted by molar-refractivity contribution is 6.03. The van der Waals surface area contributed by atoms with Crippen molar-refractivity contribution in [2.24, 2.45) is 5.92 Å². The number of carbonyl (C=O) groups is 3. The van der Waals surface area contributed by atoms with Gasteiger partial charge in [-0.3, -0.25) is 14.4 Å². The van der Waals surface area contributed by atoms with Crippen molar-refractivity contribution in [2.45, 2.75) is 39.5 Å². The molecule has 1 saturated heterocycles. The van der Waals surface area contributed by atoms with E-state index < -0.39 is 5.92 Å². The summed E-state index contributed by atoms with van der Waals surface area (Å²) in [7, 11) is 0. The van der Waals surface area contributed by atoms with Gasteiger partial charge in [0.25, 0.3) is 5.91 Å². The Balaban J connectivity index is 1.39. The SMILES string of the molecule is CCN(CC)C(=O)c1ccc(NC(=O)C2CC(=O)N(c3ccc4c(c3)CCC4)C2)cc1. The van der Waals surface area contributed by atoms with Gasteiger partial charge in [0.15, 0.2) is 0 Å². The third-order valence-electron chi connectivity index (χ3n) is 6.34. The van der Waals surface area contributed by atoms with Crippen LogP contribution in [0.1, 0.15) is 48.2 Å². The summed E-state index contributed by atoms with van der Waals surface area (Å²) in [5.41, 5.74) is 4.80. The van der Waals surface area contributed by atoms with Gasteiger partial charge in [0.1, 0.15) is 0 Å². The molecule has 6 heteroatoms. The minimum Gasteiger partial charge on any atom is -0.339 e. The lowest BCUT2D eigenvalue weighted by atomic mass is 10.1. The number of hydrogen-bond donors (Lipinski definition) is 1. The lowest BCUT2D eigenvalue weighted by Crippen LogP contribution is -2.30. The van der Waals surface area contributed by atoms with Crippen LogP contribution in [0.4, 0.5) is 11.4 Å². The van der Waals surface area contributed by atoms with E-state index in [-0.39, 0.29) is 24.1 Å². The maximum atomic E-state index is 12.8. The maximum absolute atomic E-state index is 12.8. The Hall–Kier alpha value is -3.15. The van der Waals surface area contributed by atoms with Crippen molar-refractivity contribution in [1.29, 1.82) is 0 Å². The number of nitrogens with one attached hydrogen (secondary N) is 1. The van der Waals surface area contributed by atoms with Gasteiger partial charge in [-0.1, -0.05) is 6.07 Å². The van der Waals surface area contributed by atoms with Gasteiger partial charge in [0, 0.05) is 43.0 Å². The van der Waals surface area contributed by atoms with Gasteiger partial charge < -0.3 is 15.1 Å². The first-order valence-electron chi connectivity index (χ1n) is 11.1. The van der Waals surface area contributed by atoms with E-state index in [0.29, 0.717) is 30.9 Å². The Bertz CT molecular complexity index is 996. The monoisotopic (exact) mass is 419 g/mol. The summed E-state index contributed by atoms with van der Waals surface area (Å²) in [5, 5.41) is 2.90. The van der Waals surface area contributed by atoms with Crippen molar-refractivity contribution in [3.05, 3.63) is 59.2 Å². The van der Waals surface area contributed by atoms with Crippen molar-refractivity contribution in [1.82, 2.24) is 4.90 Å². The third kappa shape index (κ3) is 4.33. The summed E-state index contributed by atoms with van der Waals surface area (Å²) < 4.78 is 0. The van der Waals surface area contributed by atoms with Gasteiger partial charge >= 0.3 is 0 Å². The molecule has 2 aromatic rings. The van der Waals surface area contributed by atoms with Crippen molar-refractivity contribution < 1.29 is 14.4 Å². The Kier molecular flexibility index (Phi) is 6.07. The number of anilines is 2. The minimum atomic E-state index is -0.391. The van der Waals surface area contributed by atoms with E-state index in [1.807, 2.05) is 19.9 Å². The van der Waals surface area contributed by atoms with Crippen molar-refractivity contribution in [2.75, 3.05) is 29.9 Å². The standard InChI is InChI=1S/C25H29N3O3/c1-3-27(4-2)25(31)18-8-11-21(12-9-18)26-24(30)20-15-23(29)28(16-20)22-13-10-17-6-5-7-19(17)14-22/h8-14,20H,3-7,15-16H2,1-2H3,(H,26,30). The molecule has 0 spiro atoms. The second kappa shape index (κ2) is 8.92. The van der Waals surface area contributed by atoms with Gasteiger partial charge in [0.2, 0.25) is 11.8 Å². The molecule has 162 valence electrons. The molecule has 4 rings (SSSR count).